The number of hydrogen-bond donors (Lipinski definition) is 1. The number of hydrogen-bond acceptors (Lipinski definition) is 3. The number of nitrogens with one attached hydrogen (secondary N) is 1. The van der Waals surface area contributed by atoms with Gasteiger partial charge in [0.2, 0.25) is 10.0 Å². The lowest BCUT2D eigenvalue weighted by Crippen LogP contribution is -2.28. The van der Waals surface area contributed by atoms with Crippen LogP contribution >= 0.6 is 11.3 Å². The van der Waals surface area contributed by atoms with Crippen LogP contribution in [0.4, 0.5) is 0 Å². The fourth-order valence-electron chi connectivity index (χ4n) is 1.43. The van der Waals surface area contributed by atoms with Crippen molar-refractivity contribution in [1.82, 2.24) is 4.72 Å². The second-order valence-electron chi connectivity index (χ2n) is 3.90. The lowest BCUT2D eigenvalue weighted by atomic mass is 10.0. The smallest absolute Gasteiger partial charge is 0.210 e. The van der Waals surface area contributed by atoms with E-state index < -0.39 is 10.0 Å². The van der Waals surface area contributed by atoms with Gasteiger partial charge in [-0.05, 0) is 25.0 Å². The Morgan fingerprint density at radius 2 is 1.94 bits per heavy atom. The van der Waals surface area contributed by atoms with E-state index in [9.17, 15) is 8.42 Å². The molecule has 0 saturated heterocycles. The van der Waals surface area contributed by atoms with Crippen LogP contribution < -0.4 is 4.72 Å². The van der Waals surface area contributed by atoms with E-state index in [1.165, 1.54) is 11.3 Å². The van der Waals surface area contributed by atoms with Gasteiger partial charge in [0, 0.05) is 11.4 Å². The third kappa shape index (κ3) is 3.57. The molecular formula is C11H19NO2S2. The van der Waals surface area contributed by atoms with Gasteiger partial charge < -0.3 is 0 Å². The first-order valence-corrected chi connectivity index (χ1v) is 7.85. The first-order valence-electron chi connectivity index (χ1n) is 5.55. The maximum absolute atomic E-state index is 11.9. The Labute approximate surface area is 102 Å². The molecule has 0 aliphatic carbocycles. The summed E-state index contributed by atoms with van der Waals surface area (Å²) in [5, 5.41) is 0. The van der Waals surface area contributed by atoms with Crippen LogP contribution in [-0.2, 0) is 10.0 Å². The van der Waals surface area contributed by atoms with E-state index in [0.29, 0.717) is 16.7 Å². The quantitative estimate of drug-likeness (QED) is 0.856. The van der Waals surface area contributed by atoms with Gasteiger partial charge in [0.25, 0.3) is 0 Å². The SMILES string of the molecule is CCC(CC)CNS(=O)(=O)c1ccc(C)s1. The van der Waals surface area contributed by atoms with Crippen molar-refractivity contribution in [1.29, 1.82) is 0 Å². The molecule has 0 aliphatic rings. The largest absolute Gasteiger partial charge is 0.250 e. The van der Waals surface area contributed by atoms with Crippen molar-refractivity contribution in [2.45, 2.75) is 37.8 Å². The van der Waals surface area contributed by atoms with Crippen molar-refractivity contribution in [3.63, 3.8) is 0 Å². The number of thiophene rings is 1. The van der Waals surface area contributed by atoms with Crippen molar-refractivity contribution in [2.75, 3.05) is 6.54 Å². The van der Waals surface area contributed by atoms with Crippen molar-refractivity contribution >= 4 is 21.4 Å². The molecule has 0 aliphatic heterocycles. The van der Waals surface area contributed by atoms with Crippen molar-refractivity contribution in [3.8, 4) is 0 Å². The highest BCUT2D eigenvalue weighted by Gasteiger charge is 2.17. The van der Waals surface area contributed by atoms with E-state index in [2.05, 4.69) is 18.6 Å². The summed E-state index contributed by atoms with van der Waals surface area (Å²) in [4.78, 5) is 1.02. The summed E-state index contributed by atoms with van der Waals surface area (Å²) in [6.45, 7) is 6.60. The summed E-state index contributed by atoms with van der Waals surface area (Å²) in [7, 11) is -3.29. The van der Waals surface area contributed by atoms with Crippen LogP contribution in [0.2, 0.25) is 0 Å². The van der Waals surface area contributed by atoms with Crippen LogP contribution in [0.3, 0.4) is 0 Å². The first-order chi connectivity index (χ1) is 7.49. The van der Waals surface area contributed by atoms with E-state index in [1.807, 2.05) is 13.0 Å². The summed E-state index contributed by atoms with van der Waals surface area (Å²) in [6.07, 6.45) is 2.00. The van der Waals surface area contributed by atoms with Gasteiger partial charge in [-0.3, -0.25) is 0 Å². The summed E-state index contributed by atoms with van der Waals surface area (Å²) in [6, 6.07) is 3.49. The zero-order valence-electron chi connectivity index (χ0n) is 9.99. The molecule has 92 valence electrons. The highest BCUT2D eigenvalue weighted by atomic mass is 32.2. The molecule has 0 unspecified atom stereocenters. The normalized spacial score (nSPS) is 12.2. The van der Waals surface area contributed by atoms with Gasteiger partial charge >= 0.3 is 0 Å². The van der Waals surface area contributed by atoms with Gasteiger partial charge in [-0.2, -0.15) is 0 Å². The van der Waals surface area contributed by atoms with Gasteiger partial charge in [-0.1, -0.05) is 26.7 Å². The van der Waals surface area contributed by atoms with E-state index in [0.717, 1.165) is 17.7 Å². The van der Waals surface area contributed by atoms with Gasteiger partial charge in [0.05, 0.1) is 0 Å². The van der Waals surface area contributed by atoms with Gasteiger partial charge in [0.1, 0.15) is 4.21 Å². The van der Waals surface area contributed by atoms with Gasteiger partial charge in [-0.25, -0.2) is 13.1 Å². The van der Waals surface area contributed by atoms with Crippen molar-refractivity contribution < 1.29 is 8.42 Å². The van der Waals surface area contributed by atoms with Crippen LogP contribution in [0.5, 0.6) is 0 Å². The molecule has 0 spiro atoms. The Balaban J connectivity index is 2.66. The number of sulfonamides is 1. The molecule has 1 N–H and O–H groups in total. The lowest BCUT2D eigenvalue weighted by Gasteiger charge is -2.12. The number of aryl methyl sites for hydroxylation is 1. The molecular weight excluding hydrogens is 242 g/mol. The fraction of sp³-hybridized carbons (Fsp3) is 0.636. The molecule has 1 aromatic rings. The monoisotopic (exact) mass is 261 g/mol. The van der Waals surface area contributed by atoms with E-state index in [1.54, 1.807) is 6.07 Å². The zero-order chi connectivity index (χ0) is 12.2. The Bertz CT molecular complexity index is 419. The molecule has 0 aromatic carbocycles. The molecule has 0 saturated carbocycles. The van der Waals surface area contributed by atoms with Crippen LogP contribution in [0.25, 0.3) is 0 Å². The van der Waals surface area contributed by atoms with E-state index in [4.69, 9.17) is 0 Å². The predicted octanol–water partition coefficient (Wildman–Crippen LogP) is 2.77. The molecule has 1 rings (SSSR count). The van der Waals surface area contributed by atoms with E-state index in [-0.39, 0.29) is 0 Å². The first kappa shape index (κ1) is 13.7. The van der Waals surface area contributed by atoms with Crippen molar-refractivity contribution in [2.24, 2.45) is 5.92 Å². The molecule has 0 amide bonds. The minimum atomic E-state index is -3.29. The predicted molar refractivity (Wildman–Crippen MR) is 68.3 cm³/mol. The van der Waals surface area contributed by atoms with Crippen LogP contribution in [-0.4, -0.2) is 15.0 Å². The summed E-state index contributed by atoms with van der Waals surface area (Å²) in [5.41, 5.74) is 0. The second-order valence-corrected chi connectivity index (χ2v) is 7.18. The molecule has 0 bridgehead atoms. The summed E-state index contributed by atoms with van der Waals surface area (Å²) >= 11 is 1.31. The average Bonchev–Trinajstić information content (AvgIpc) is 2.67. The Morgan fingerprint density at radius 1 is 1.31 bits per heavy atom. The van der Waals surface area contributed by atoms with Crippen LogP contribution in [0.15, 0.2) is 16.3 Å². The zero-order valence-corrected chi connectivity index (χ0v) is 11.6. The van der Waals surface area contributed by atoms with Crippen LogP contribution in [0.1, 0.15) is 31.6 Å². The number of rotatable bonds is 6. The Kier molecular flexibility index (Phi) is 4.95. The molecule has 0 atom stereocenters. The fourth-order valence-corrected chi connectivity index (χ4v) is 3.88. The summed E-state index contributed by atoms with van der Waals surface area (Å²) < 4.78 is 26.8. The van der Waals surface area contributed by atoms with Crippen molar-refractivity contribution in [3.05, 3.63) is 17.0 Å². The third-order valence-electron chi connectivity index (χ3n) is 2.70. The maximum Gasteiger partial charge on any atom is 0.250 e. The highest BCUT2D eigenvalue weighted by molar-refractivity contribution is 7.91. The minimum Gasteiger partial charge on any atom is -0.210 e. The molecule has 3 nitrogen and oxygen atoms in total. The Morgan fingerprint density at radius 3 is 2.38 bits per heavy atom. The minimum absolute atomic E-state index is 0.413. The standard InChI is InChI=1S/C11H19NO2S2/c1-4-10(5-2)8-12-16(13,14)11-7-6-9(3)15-11/h6-7,10,12H,4-5,8H2,1-3H3. The third-order valence-corrected chi connectivity index (χ3v) is 5.61. The van der Waals surface area contributed by atoms with Gasteiger partial charge in [-0.15, -0.1) is 11.3 Å². The lowest BCUT2D eigenvalue weighted by molar-refractivity contribution is 0.479. The average molecular weight is 261 g/mol. The molecule has 5 heteroatoms. The molecule has 16 heavy (non-hydrogen) atoms. The maximum atomic E-state index is 11.9. The molecule has 0 radical (unpaired) electrons. The molecule has 1 aromatic heterocycles. The van der Waals surface area contributed by atoms with Crippen LogP contribution in [0, 0.1) is 12.8 Å². The topological polar surface area (TPSA) is 46.2 Å². The Hall–Kier alpha value is -0.390. The summed E-state index contributed by atoms with van der Waals surface area (Å²) in [5.74, 6) is 0.427. The second kappa shape index (κ2) is 5.80. The van der Waals surface area contributed by atoms with E-state index >= 15 is 0 Å². The molecule has 0 fully saturated rings. The highest BCUT2D eigenvalue weighted by Crippen LogP contribution is 2.20. The van der Waals surface area contributed by atoms with Gasteiger partial charge in [0.15, 0.2) is 0 Å². The molecule has 1 heterocycles.